The molecule has 2 aromatic heterocycles. The van der Waals surface area contributed by atoms with E-state index in [0.717, 1.165) is 4.57 Å². The van der Waals surface area contributed by atoms with Gasteiger partial charge >= 0.3 is 5.69 Å². The van der Waals surface area contributed by atoms with Gasteiger partial charge in [-0.2, -0.15) is 0 Å². The van der Waals surface area contributed by atoms with Crippen molar-refractivity contribution in [3.8, 4) is 11.4 Å². The molecule has 2 heterocycles. The maximum atomic E-state index is 12.3. The van der Waals surface area contributed by atoms with E-state index in [1.54, 1.807) is 24.3 Å². The zero-order valence-corrected chi connectivity index (χ0v) is 14.3. The number of benzene rings is 1. The van der Waals surface area contributed by atoms with Crippen molar-refractivity contribution in [3.05, 3.63) is 50.7 Å². The van der Waals surface area contributed by atoms with Crippen LogP contribution in [0.15, 0.2) is 33.9 Å². The van der Waals surface area contributed by atoms with Gasteiger partial charge in [0.15, 0.2) is 17.0 Å². The van der Waals surface area contributed by atoms with Gasteiger partial charge in [0.05, 0.1) is 0 Å². The van der Waals surface area contributed by atoms with Crippen molar-refractivity contribution in [2.75, 3.05) is 13.1 Å². The van der Waals surface area contributed by atoms with E-state index in [1.807, 2.05) is 0 Å². The predicted octanol–water partition coefficient (Wildman–Crippen LogP) is -1.22. The monoisotopic (exact) mass is 355 g/mol. The standard InChI is InChI=1S/C16H17N7O3/c1-22-13-11(15(25)23(2)16(22)26)19-12(20-21-13)9-3-5-10(6-4-9)14(24)18-8-7-17/h3-6H,7-8,17H2,1-2H3,(H,18,24). The van der Waals surface area contributed by atoms with Crippen LogP contribution in [0, 0.1) is 0 Å². The maximum Gasteiger partial charge on any atom is 0.332 e. The second kappa shape index (κ2) is 6.84. The molecule has 0 aliphatic heterocycles. The van der Waals surface area contributed by atoms with Crippen molar-refractivity contribution in [3.63, 3.8) is 0 Å². The third-order valence-corrected chi connectivity index (χ3v) is 3.90. The minimum Gasteiger partial charge on any atom is -0.351 e. The first-order chi connectivity index (χ1) is 12.4. The number of hydrogen-bond donors (Lipinski definition) is 2. The highest BCUT2D eigenvalue weighted by Gasteiger charge is 2.14. The molecule has 0 unspecified atom stereocenters. The Morgan fingerprint density at radius 3 is 2.46 bits per heavy atom. The Morgan fingerprint density at radius 1 is 1.12 bits per heavy atom. The maximum absolute atomic E-state index is 12.3. The molecule has 0 atom stereocenters. The van der Waals surface area contributed by atoms with Crippen LogP contribution >= 0.6 is 0 Å². The summed E-state index contributed by atoms with van der Waals surface area (Å²) < 4.78 is 2.18. The van der Waals surface area contributed by atoms with Crippen molar-refractivity contribution in [1.82, 2.24) is 29.6 Å². The van der Waals surface area contributed by atoms with E-state index >= 15 is 0 Å². The lowest BCUT2D eigenvalue weighted by atomic mass is 10.1. The van der Waals surface area contributed by atoms with Gasteiger partial charge in [0.2, 0.25) is 0 Å². The quantitative estimate of drug-likeness (QED) is 0.598. The molecule has 26 heavy (non-hydrogen) atoms. The molecule has 0 bridgehead atoms. The fourth-order valence-electron chi connectivity index (χ4n) is 2.43. The Balaban J connectivity index is 2.02. The molecule has 0 spiro atoms. The summed E-state index contributed by atoms with van der Waals surface area (Å²) in [5, 5.41) is 10.6. The average Bonchev–Trinajstić information content (AvgIpc) is 2.68. The van der Waals surface area contributed by atoms with Crippen LogP contribution < -0.4 is 22.3 Å². The Kier molecular flexibility index (Phi) is 4.59. The van der Waals surface area contributed by atoms with Crippen LogP contribution in [0.25, 0.3) is 22.6 Å². The van der Waals surface area contributed by atoms with Crippen LogP contribution in [0.5, 0.6) is 0 Å². The van der Waals surface area contributed by atoms with Gasteiger partial charge in [-0.15, -0.1) is 10.2 Å². The first kappa shape index (κ1) is 17.4. The highest BCUT2D eigenvalue weighted by atomic mass is 16.2. The Labute approximate surface area is 147 Å². The molecule has 3 aromatic rings. The Bertz CT molecular complexity index is 1100. The third kappa shape index (κ3) is 2.97. The molecule has 1 amide bonds. The molecule has 0 fully saturated rings. The van der Waals surface area contributed by atoms with E-state index in [2.05, 4.69) is 20.5 Å². The number of aryl methyl sites for hydroxylation is 1. The first-order valence-corrected chi connectivity index (χ1v) is 7.83. The van der Waals surface area contributed by atoms with E-state index < -0.39 is 11.2 Å². The molecular formula is C16H17N7O3. The molecule has 10 heteroatoms. The van der Waals surface area contributed by atoms with Crippen LogP contribution in [-0.4, -0.2) is 43.3 Å². The van der Waals surface area contributed by atoms with Crippen molar-refractivity contribution in [2.45, 2.75) is 0 Å². The van der Waals surface area contributed by atoms with Crippen LogP contribution in [0.3, 0.4) is 0 Å². The Hall–Kier alpha value is -3.40. The van der Waals surface area contributed by atoms with Gasteiger partial charge in [0, 0.05) is 38.3 Å². The number of hydrogen-bond acceptors (Lipinski definition) is 7. The number of nitrogens with two attached hydrogens (primary N) is 1. The van der Waals surface area contributed by atoms with Crippen LogP contribution in [0.1, 0.15) is 10.4 Å². The molecule has 134 valence electrons. The van der Waals surface area contributed by atoms with Gasteiger partial charge in [-0.05, 0) is 12.1 Å². The summed E-state index contributed by atoms with van der Waals surface area (Å²) in [4.78, 5) is 40.3. The minimum absolute atomic E-state index is 0.0457. The van der Waals surface area contributed by atoms with Crippen molar-refractivity contribution >= 4 is 17.1 Å². The topological polar surface area (TPSA) is 138 Å². The highest BCUT2D eigenvalue weighted by molar-refractivity contribution is 5.94. The van der Waals surface area contributed by atoms with E-state index in [-0.39, 0.29) is 22.9 Å². The SMILES string of the molecule is Cn1c(=O)c2nc(-c3ccc(C(=O)NCCN)cc3)nnc2n(C)c1=O. The number of rotatable bonds is 4. The van der Waals surface area contributed by atoms with E-state index in [0.29, 0.717) is 24.2 Å². The second-order valence-corrected chi connectivity index (χ2v) is 5.64. The summed E-state index contributed by atoms with van der Waals surface area (Å²) in [5.41, 5.74) is 5.52. The zero-order valence-electron chi connectivity index (χ0n) is 14.3. The number of carbonyl (C=O) groups is 1. The summed E-state index contributed by atoms with van der Waals surface area (Å²) in [7, 11) is 2.87. The minimum atomic E-state index is -0.544. The fraction of sp³-hybridized carbons (Fsp3) is 0.250. The summed E-state index contributed by atoms with van der Waals surface area (Å²) in [6.45, 7) is 0.748. The van der Waals surface area contributed by atoms with Gasteiger partial charge in [-0.25, -0.2) is 9.78 Å². The van der Waals surface area contributed by atoms with Gasteiger partial charge in [0.1, 0.15) is 0 Å². The number of amides is 1. The number of nitrogens with zero attached hydrogens (tertiary/aromatic N) is 5. The van der Waals surface area contributed by atoms with E-state index in [4.69, 9.17) is 5.73 Å². The Morgan fingerprint density at radius 2 is 1.81 bits per heavy atom. The molecule has 0 aliphatic rings. The molecule has 1 aromatic carbocycles. The number of fused-ring (bicyclic) bond motifs is 1. The van der Waals surface area contributed by atoms with E-state index in [9.17, 15) is 14.4 Å². The van der Waals surface area contributed by atoms with Gasteiger partial charge in [-0.1, -0.05) is 12.1 Å². The summed E-state index contributed by atoms with van der Waals surface area (Å²) in [6, 6.07) is 6.56. The lowest BCUT2D eigenvalue weighted by Gasteiger charge is -2.07. The number of nitrogens with one attached hydrogen (secondary N) is 1. The molecule has 10 nitrogen and oxygen atoms in total. The van der Waals surface area contributed by atoms with Crippen LogP contribution in [0.4, 0.5) is 0 Å². The number of carbonyl (C=O) groups excluding carboxylic acids is 1. The highest BCUT2D eigenvalue weighted by Crippen LogP contribution is 2.16. The lowest BCUT2D eigenvalue weighted by molar-refractivity contribution is 0.0955. The number of aromatic nitrogens is 5. The van der Waals surface area contributed by atoms with Crippen LogP contribution in [0.2, 0.25) is 0 Å². The van der Waals surface area contributed by atoms with Crippen molar-refractivity contribution in [1.29, 1.82) is 0 Å². The van der Waals surface area contributed by atoms with Crippen LogP contribution in [-0.2, 0) is 14.1 Å². The van der Waals surface area contributed by atoms with Crippen molar-refractivity contribution < 1.29 is 4.79 Å². The molecule has 3 rings (SSSR count). The molecular weight excluding hydrogens is 338 g/mol. The molecule has 0 saturated carbocycles. The summed E-state index contributed by atoms with van der Waals surface area (Å²) in [5.74, 6) is -0.00871. The van der Waals surface area contributed by atoms with Gasteiger partial charge in [-0.3, -0.25) is 18.7 Å². The predicted molar refractivity (Wildman–Crippen MR) is 94.6 cm³/mol. The second-order valence-electron chi connectivity index (χ2n) is 5.64. The third-order valence-electron chi connectivity index (χ3n) is 3.90. The molecule has 3 N–H and O–H groups in total. The van der Waals surface area contributed by atoms with Gasteiger partial charge < -0.3 is 11.1 Å². The van der Waals surface area contributed by atoms with Gasteiger partial charge in [0.25, 0.3) is 11.5 Å². The first-order valence-electron chi connectivity index (χ1n) is 7.83. The summed E-state index contributed by atoms with van der Waals surface area (Å²) in [6.07, 6.45) is 0. The molecule has 0 radical (unpaired) electrons. The molecule has 0 saturated heterocycles. The largest absolute Gasteiger partial charge is 0.351 e. The lowest BCUT2D eigenvalue weighted by Crippen LogP contribution is -2.38. The summed E-state index contributed by atoms with van der Waals surface area (Å²) >= 11 is 0. The normalized spacial score (nSPS) is 10.9. The average molecular weight is 355 g/mol. The zero-order chi connectivity index (χ0) is 18.8. The molecule has 0 aliphatic carbocycles. The van der Waals surface area contributed by atoms with Crippen molar-refractivity contribution in [2.24, 2.45) is 19.8 Å². The van der Waals surface area contributed by atoms with E-state index in [1.165, 1.54) is 18.7 Å². The smallest absolute Gasteiger partial charge is 0.332 e. The fourth-order valence-corrected chi connectivity index (χ4v) is 2.43.